The maximum absolute atomic E-state index is 13.0. The van der Waals surface area contributed by atoms with Gasteiger partial charge < -0.3 is 4.52 Å². The number of aryl methyl sites for hydroxylation is 1. The third-order valence-corrected chi connectivity index (χ3v) is 4.09. The summed E-state index contributed by atoms with van der Waals surface area (Å²) < 4.78 is 30.1. The van der Waals surface area contributed by atoms with Gasteiger partial charge in [0.15, 0.2) is 5.82 Å². The zero-order valence-electron chi connectivity index (χ0n) is 10.1. The van der Waals surface area contributed by atoms with Gasteiger partial charge in [0.25, 0.3) is 0 Å². The number of hydrogen-bond donors (Lipinski definition) is 0. The summed E-state index contributed by atoms with van der Waals surface area (Å²) in [6.07, 6.45) is 0. The standard InChI is InChI=1S/C12H13FN2O2S/c1-8(12-14-9(2)15-17-12)18(16)7-10-4-3-5-11(13)6-10/h3-6,8H,7H2,1-2H3/t8-,18-/m1/s1. The summed E-state index contributed by atoms with van der Waals surface area (Å²) >= 11 is 0. The summed E-state index contributed by atoms with van der Waals surface area (Å²) in [5.74, 6) is 0.799. The zero-order valence-corrected chi connectivity index (χ0v) is 10.9. The van der Waals surface area contributed by atoms with Crippen molar-refractivity contribution in [1.29, 1.82) is 0 Å². The number of benzene rings is 1. The highest BCUT2D eigenvalue weighted by Gasteiger charge is 2.20. The van der Waals surface area contributed by atoms with Crippen LogP contribution in [0, 0.1) is 12.7 Å². The largest absolute Gasteiger partial charge is 0.338 e. The smallest absolute Gasteiger partial charge is 0.242 e. The number of halogens is 1. The van der Waals surface area contributed by atoms with Gasteiger partial charge in [-0.1, -0.05) is 17.3 Å². The number of rotatable bonds is 4. The molecule has 0 N–H and O–H groups in total. The maximum Gasteiger partial charge on any atom is 0.242 e. The van der Waals surface area contributed by atoms with E-state index in [1.807, 2.05) is 0 Å². The van der Waals surface area contributed by atoms with E-state index in [9.17, 15) is 8.60 Å². The van der Waals surface area contributed by atoms with Gasteiger partial charge in [0.05, 0.1) is 0 Å². The molecule has 0 aliphatic rings. The second-order valence-corrected chi connectivity index (χ2v) is 5.73. The van der Waals surface area contributed by atoms with Gasteiger partial charge in [0, 0.05) is 16.6 Å². The van der Waals surface area contributed by atoms with Crippen molar-refractivity contribution in [2.75, 3.05) is 0 Å². The van der Waals surface area contributed by atoms with Gasteiger partial charge >= 0.3 is 0 Å². The fourth-order valence-electron chi connectivity index (χ4n) is 1.51. The number of hydrogen-bond acceptors (Lipinski definition) is 4. The van der Waals surface area contributed by atoms with Crippen molar-refractivity contribution in [3.8, 4) is 0 Å². The Morgan fingerprint density at radius 3 is 2.89 bits per heavy atom. The van der Waals surface area contributed by atoms with E-state index < -0.39 is 10.8 Å². The SMILES string of the molecule is Cc1noc([C@@H](C)[S@](=O)Cc2cccc(F)c2)n1. The molecule has 1 aromatic heterocycles. The van der Waals surface area contributed by atoms with E-state index >= 15 is 0 Å². The van der Waals surface area contributed by atoms with Crippen molar-refractivity contribution >= 4 is 10.8 Å². The Hall–Kier alpha value is -1.56. The molecule has 2 rings (SSSR count). The highest BCUT2D eigenvalue weighted by atomic mass is 32.2. The molecule has 0 spiro atoms. The van der Waals surface area contributed by atoms with Gasteiger partial charge in [0.1, 0.15) is 11.1 Å². The molecule has 0 saturated carbocycles. The van der Waals surface area contributed by atoms with Crippen molar-refractivity contribution in [2.24, 2.45) is 0 Å². The van der Waals surface area contributed by atoms with E-state index in [1.54, 1.807) is 26.0 Å². The fraction of sp³-hybridized carbons (Fsp3) is 0.333. The molecule has 0 aliphatic carbocycles. The lowest BCUT2D eigenvalue weighted by Gasteiger charge is -2.07. The Bertz CT molecular complexity index is 571. The average Bonchev–Trinajstić information content (AvgIpc) is 2.75. The lowest BCUT2D eigenvalue weighted by Crippen LogP contribution is -2.06. The van der Waals surface area contributed by atoms with Crippen molar-refractivity contribution < 1.29 is 13.1 Å². The van der Waals surface area contributed by atoms with Crippen LogP contribution in [0.3, 0.4) is 0 Å². The Labute approximate surface area is 107 Å². The van der Waals surface area contributed by atoms with Crippen molar-refractivity contribution in [3.63, 3.8) is 0 Å². The predicted octanol–water partition coefficient (Wildman–Crippen LogP) is 2.53. The fourth-order valence-corrected chi connectivity index (χ4v) is 2.59. The number of aromatic nitrogens is 2. The summed E-state index contributed by atoms with van der Waals surface area (Å²) in [6.45, 7) is 3.46. The molecule has 2 atom stereocenters. The van der Waals surface area contributed by atoms with Gasteiger partial charge in [-0.25, -0.2) is 4.39 Å². The average molecular weight is 268 g/mol. The zero-order chi connectivity index (χ0) is 13.1. The second-order valence-electron chi connectivity index (χ2n) is 3.98. The second kappa shape index (κ2) is 5.39. The van der Waals surface area contributed by atoms with Crippen LogP contribution < -0.4 is 0 Å². The monoisotopic (exact) mass is 268 g/mol. The first kappa shape index (κ1) is 12.9. The minimum atomic E-state index is -1.22. The molecule has 2 aromatic rings. The summed E-state index contributed by atoms with van der Waals surface area (Å²) in [4.78, 5) is 4.05. The van der Waals surface area contributed by atoms with E-state index in [0.29, 0.717) is 17.3 Å². The molecule has 0 bridgehead atoms. The minimum absolute atomic E-state index is 0.264. The summed E-state index contributed by atoms with van der Waals surface area (Å²) in [5, 5.41) is 3.29. The Balaban J connectivity index is 2.08. The molecule has 0 aliphatic heterocycles. The molecule has 4 nitrogen and oxygen atoms in total. The van der Waals surface area contributed by atoms with Crippen LogP contribution in [-0.4, -0.2) is 14.3 Å². The first-order valence-corrected chi connectivity index (χ1v) is 6.86. The highest BCUT2D eigenvalue weighted by Crippen LogP contribution is 2.20. The molecule has 18 heavy (non-hydrogen) atoms. The third kappa shape index (κ3) is 3.01. The van der Waals surface area contributed by atoms with Crippen molar-refractivity contribution in [1.82, 2.24) is 10.1 Å². The van der Waals surface area contributed by atoms with Gasteiger partial charge in [-0.3, -0.25) is 4.21 Å². The van der Waals surface area contributed by atoms with E-state index in [0.717, 1.165) is 0 Å². The van der Waals surface area contributed by atoms with E-state index in [4.69, 9.17) is 4.52 Å². The molecule has 1 heterocycles. The predicted molar refractivity (Wildman–Crippen MR) is 65.7 cm³/mol. The molecule has 0 unspecified atom stereocenters. The highest BCUT2D eigenvalue weighted by molar-refractivity contribution is 7.84. The maximum atomic E-state index is 13.0. The van der Waals surface area contributed by atoms with Crippen LogP contribution in [0.25, 0.3) is 0 Å². The molecular weight excluding hydrogens is 255 g/mol. The van der Waals surface area contributed by atoms with Crippen LogP contribution in [0.1, 0.15) is 29.5 Å². The first-order chi connectivity index (χ1) is 8.56. The molecule has 0 fully saturated rings. The van der Waals surface area contributed by atoms with Gasteiger partial charge in [-0.15, -0.1) is 0 Å². The lowest BCUT2D eigenvalue weighted by molar-refractivity contribution is 0.375. The van der Waals surface area contributed by atoms with E-state index in [1.165, 1.54) is 12.1 Å². The van der Waals surface area contributed by atoms with Crippen molar-refractivity contribution in [2.45, 2.75) is 24.9 Å². The van der Waals surface area contributed by atoms with Crippen LogP contribution in [0.2, 0.25) is 0 Å². The Morgan fingerprint density at radius 1 is 1.50 bits per heavy atom. The molecule has 0 saturated heterocycles. The topological polar surface area (TPSA) is 56.0 Å². The molecule has 96 valence electrons. The summed E-state index contributed by atoms with van der Waals surface area (Å²) in [5.41, 5.74) is 0.691. The van der Waals surface area contributed by atoms with Gasteiger partial charge in [0.2, 0.25) is 5.89 Å². The van der Waals surface area contributed by atoms with Crippen LogP contribution in [0.5, 0.6) is 0 Å². The van der Waals surface area contributed by atoms with Gasteiger partial charge in [-0.05, 0) is 31.5 Å². The van der Waals surface area contributed by atoms with Crippen molar-refractivity contribution in [3.05, 3.63) is 47.4 Å². The lowest BCUT2D eigenvalue weighted by atomic mass is 10.2. The first-order valence-electron chi connectivity index (χ1n) is 5.48. The minimum Gasteiger partial charge on any atom is -0.338 e. The summed E-state index contributed by atoms with van der Waals surface area (Å²) in [7, 11) is -1.22. The van der Waals surface area contributed by atoms with Crippen LogP contribution in [0.15, 0.2) is 28.8 Å². The molecule has 6 heteroatoms. The van der Waals surface area contributed by atoms with E-state index in [2.05, 4.69) is 10.1 Å². The molecule has 0 radical (unpaired) electrons. The normalized spacial score (nSPS) is 14.4. The number of nitrogens with zero attached hydrogens (tertiary/aromatic N) is 2. The molecule has 0 amide bonds. The van der Waals surface area contributed by atoms with Crippen LogP contribution in [-0.2, 0) is 16.6 Å². The van der Waals surface area contributed by atoms with Crippen LogP contribution in [0.4, 0.5) is 4.39 Å². The quantitative estimate of drug-likeness (QED) is 0.855. The molecule has 1 aromatic carbocycles. The Morgan fingerprint density at radius 2 is 2.28 bits per heavy atom. The van der Waals surface area contributed by atoms with Gasteiger partial charge in [-0.2, -0.15) is 4.98 Å². The summed E-state index contributed by atoms with van der Waals surface area (Å²) in [6, 6.07) is 6.08. The van der Waals surface area contributed by atoms with E-state index in [-0.39, 0.29) is 16.8 Å². The third-order valence-electron chi connectivity index (χ3n) is 2.48. The molecular formula is C12H13FN2O2S. The Kier molecular flexibility index (Phi) is 3.86. The van der Waals surface area contributed by atoms with Crippen LogP contribution >= 0.6 is 0 Å².